The monoisotopic (exact) mass is 212 g/mol. The van der Waals surface area contributed by atoms with Gasteiger partial charge < -0.3 is 0 Å². The fraction of sp³-hybridized carbons (Fsp3) is 1.00. The minimum atomic E-state index is 0.834. The summed E-state index contributed by atoms with van der Waals surface area (Å²) in [4.78, 5) is 0. The summed E-state index contributed by atoms with van der Waals surface area (Å²) in [5, 5.41) is 1.84. The fourth-order valence-electron chi connectivity index (χ4n) is 3.40. The van der Waals surface area contributed by atoms with E-state index in [0.717, 1.165) is 22.3 Å². The van der Waals surface area contributed by atoms with Crippen LogP contribution in [0.3, 0.4) is 0 Å². The van der Waals surface area contributed by atoms with Crippen LogP contribution in [0.5, 0.6) is 0 Å². The molecule has 3 atom stereocenters. The lowest BCUT2D eigenvalue weighted by Gasteiger charge is -2.41. The van der Waals surface area contributed by atoms with Crippen molar-refractivity contribution in [3.63, 3.8) is 0 Å². The highest BCUT2D eigenvalue weighted by molar-refractivity contribution is 8.00. The Morgan fingerprint density at radius 1 is 0.929 bits per heavy atom. The van der Waals surface area contributed by atoms with E-state index in [1.54, 1.807) is 12.8 Å². The van der Waals surface area contributed by atoms with Crippen LogP contribution in [0, 0.1) is 11.8 Å². The van der Waals surface area contributed by atoms with Crippen molar-refractivity contribution >= 4 is 11.8 Å². The van der Waals surface area contributed by atoms with Crippen molar-refractivity contribution in [1.82, 2.24) is 0 Å². The zero-order valence-electron chi connectivity index (χ0n) is 9.67. The maximum Gasteiger partial charge on any atom is 0.00805 e. The van der Waals surface area contributed by atoms with Gasteiger partial charge in [-0.05, 0) is 29.9 Å². The third-order valence-corrected chi connectivity index (χ3v) is 5.44. The number of hydrogen-bond acceptors (Lipinski definition) is 1. The molecule has 0 N–H and O–H groups in total. The largest absolute Gasteiger partial charge is 0.155 e. The van der Waals surface area contributed by atoms with Gasteiger partial charge in [0.1, 0.15) is 0 Å². The van der Waals surface area contributed by atoms with E-state index >= 15 is 0 Å². The molecular weight excluding hydrogens is 188 g/mol. The van der Waals surface area contributed by atoms with Crippen molar-refractivity contribution in [3.8, 4) is 0 Å². The standard InChI is InChI=1S/C13H24S/c1-10(2)14-13-9-5-7-11-6-3-4-8-12(11)13/h10-13H,3-9H2,1-2H3. The highest BCUT2D eigenvalue weighted by atomic mass is 32.2. The van der Waals surface area contributed by atoms with Crippen LogP contribution in [0.4, 0.5) is 0 Å². The van der Waals surface area contributed by atoms with Crippen molar-refractivity contribution in [2.45, 2.75) is 69.3 Å². The smallest absolute Gasteiger partial charge is 0.00805 e. The summed E-state index contributed by atoms with van der Waals surface area (Å²) in [6.45, 7) is 4.72. The molecule has 2 aliphatic carbocycles. The highest BCUT2D eigenvalue weighted by Gasteiger charge is 2.35. The van der Waals surface area contributed by atoms with E-state index in [0.29, 0.717) is 0 Å². The van der Waals surface area contributed by atoms with Gasteiger partial charge in [-0.25, -0.2) is 0 Å². The Hall–Kier alpha value is 0.350. The Morgan fingerprint density at radius 2 is 1.64 bits per heavy atom. The summed E-state index contributed by atoms with van der Waals surface area (Å²) >= 11 is 2.26. The predicted octanol–water partition coefficient (Wildman–Crippen LogP) is 4.49. The minimum absolute atomic E-state index is 0.834. The quantitative estimate of drug-likeness (QED) is 0.650. The number of rotatable bonds is 2. The van der Waals surface area contributed by atoms with E-state index in [9.17, 15) is 0 Å². The van der Waals surface area contributed by atoms with Gasteiger partial charge in [0.15, 0.2) is 0 Å². The molecule has 0 spiro atoms. The van der Waals surface area contributed by atoms with Crippen LogP contribution in [0.15, 0.2) is 0 Å². The fourth-order valence-corrected chi connectivity index (χ4v) is 4.96. The third kappa shape index (κ3) is 2.48. The van der Waals surface area contributed by atoms with Gasteiger partial charge in [0, 0.05) is 5.25 Å². The first-order valence-corrected chi connectivity index (χ1v) is 7.37. The second kappa shape index (κ2) is 4.92. The molecule has 0 amide bonds. The summed E-state index contributed by atoms with van der Waals surface area (Å²) < 4.78 is 0. The molecule has 2 fully saturated rings. The summed E-state index contributed by atoms with van der Waals surface area (Å²) in [6, 6.07) is 0. The lowest BCUT2D eigenvalue weighted by Crippen LogP contribution is -2.33. The van der Waals surface area contributed by atoms with Gasteiger partial charge >= 0.3 is 0 Å². The topological polar surface area (TPSA) is 0 Å². The lowest BCUT2D eigenvalue weighted by molar-refractivity contribution is 0.178. The van der Waals surface area contributed by atoms with E-state index in [2.05, 4.69) is 25.6 Å². The van der Waals surface area contributed by atoms with Gasteiger partial charge in [-0.15, -0.1) is 0 Å². The molecule has 1 heteroatoms. The van der Waals surface area contributed by atoms with Crippen LogP contribution in [0.25, 0.3) is 0 Å². The number of fused-ring (bicyclic) bond motifs is 1. The molecular formula is C13H24S. The molecule has 0 radical (unpaired) electrons. The molecule has 0 heterocycles. The molecule has 0 nitrogen and oxygen atoms in total. The Morgan fingerprint density at radius 3 is 2.43 bits per heavy atom. The maximum absolute atomic E-state index is 2.36. The molecule has 82 valence electrons. The molecule has 0 aromatic heterocycles. The SMILES string of the molecule is CC(C)SC1CCCC2CCCCC21. The van der Waals surface area contributed by atoms with Gasteiger partial charge in [-0.3, -0.25) is 0 Å². The summed E-state index contributed by atoms with van der Waals surface area (Å²) in [5.41, 5.74) is 0. The first-order valence-electron chi connectivity index (χ1n) is 6.43. The Balaban J connectivity index is 1.94. The Kier molecular flexibility index (Phi) is 3.81. The maximum atomic E-state index is 2.36. The van der Waals surface area contributed by atoms with Crippen LogP contribution < -0.4 is 0 Å². The van der Waals surface area contributed by atoms with E-state index in [1.807, 2.05) is 0 Å². The van der Waals surface area contributed by atoms with Crippen molar-refractivity contribution in [3.05, 3.63) is 0 Å². The second-order valence-corrected chi connectivity index (χ2v) is 7.18. The molecule has 2 aliphatic rings. The summed E-state index contributed by atoms with van der Waals surface area (Å²) in [6.07, 6.45) is 10.7. The highest BCUT2D eigenvalue weighted by Crippen LogP contribution is 2.45. The molecule has 0 aromatic carbocycles. The van der Waals surface area contributed by atoms with Gasteiger partial charge in [0.25, 0.3) is 0 Å². The Labute approximate surface area is 93.2 Å². The third-order valence-electron chi connectivity index (χ3n) is 3.96. The average Bonchev–Trinajstić information content (AvgIpc) is 2.18. The van der Waals surface area contributed by atoms with E-state index in [1.165, 1.54) is 32.1 Å². The van der Waals surface area contributed by atoms with Gasteiger partial charge in [-0.2, -0.15) is 11.8 Å². The zero-order valence-corrected chi connectivity index (χ0v) is 10.5. The predicted molar refractivity (Wildman–Crippen MR) is 65.8 cm³/mol. The van der Waals surface area contributed by atoms with E-state index < -0.39 is 0 Å². The number of hydrogen-bond donors (Lipinski definition) is 0. The van der Waals surface area contributed by atoms with Crippen molar-refractivity contribution in [1.29, 1.82) is 0 Å². The summed E-state index contributed by atoms with van der Waals surface area (Å²) in [5.74, 6) is 2.19. The van der Waals surface area contributed by atoms with Crippen molar-refractivity contribution < 1.29 is 0 Å². The van der Waals surface area contributed by atoms with Crippen molar-refractivity contribution in [2.75, 3.05) is 0 Å². The van der Waals surface area contributed by atoms with Gasteiger partial charge in [0.05, 0.1) is 0 Å². The Bertz CT molecular complexity index is 174. The van der Waals surface area contributed by atoms with E-state index in [-0.39, 0.29) is 0 Å². The van der Waals surface area contributed by atoms with Crippen LogP contribution in [0.1, 0.15) is 58.8 Å². The molecule has 0 bridgehead atoms. The van der Waals surface area contributed by atoms with Crippen LogP contribution in [0.2, 0.25) is 0 Å². The van der Waals surface area contributed by atoms with Crippen molar-refractivity contribution in [2.24, 2.45) is 11.8 Å². The molecule has 0 aromatic rings. The normalized spacial score (nSPS) is 38.4. The molecule has 2 rings (SSSR count). The van der Waals surface area contributed by atoms with Crippen LogP contribution in [-0.2, 0) is 0 Å². The lowest BCUT2D eigenvalue weighted by atomic mass is 9.71. The van der Waals surface area contributed by atoms with Gasteiger partial charge in [-0.1, -0.05) is 46.0 Å². The zero-order chi connectivity index (χ0) is 9.97. The van der Waals surface area contributed by atoms with E-state index in [4.69, 9.17) is 0 Å². The van der Waals surface area contributed by atoms with Crippen LogP contribution in [-0.4, -0.2) is 10.5 Å². The first kappa shape index (κ1) is 10.9. The molecule has 14 heavy (non-hydrogen) atoms. The summed E-state index contributed by atoms with van der Waals surface area (Å²) in [7, 11) is 0. The molecule has 0 saturated heterocycles. The number of thioether (sulfide) groups is 1. The second-order valence-electron chi connectivity index (χ2n) is 5.36. The van der Waals surface area contributed by atoms with Crippen LogP contribution >= 0.6 is 11.8 Å². The molecule has 0 aliphatic heterocycles. The minimum Gasteiger partial charge on any atom is -0.155 e. The van der Waals surface area contributed by atoms with Gasteiger partial charge in [0.2, 0.25) is 0 Å². The molecule has 3 unspecified atom stereocenters. The molecule has 2 saturated carbocycles. The average molecular weight is 212 g/mol. The first-order chi connectivity index (χ1) is 6.77.